The van der Waals surface area contributed by atoms with Gasteiger partial charge in [-0.2, -0.15) is 4.31 Å². The fraction of sp³-hybridized carbons (Fsp3) is 0.750. The maximum Gasteiger partial charge on any atom is 0.214 e. The van der Waals surface area contributed by atoms with Gasteiger partial charge in [0, 0.05) is 20.2 Å². The van der Waals surface area contributed by atoms with Gasteiger partial charge < -0.3 is 4.74 Å². The molecule has 13 heavy (non-hydrogen) atoms. The van der Waals surface area contributed by atoms with Gasteiger partial charge in [0.1, 0.15) is 0 Å². The molecular weight excluding hydrogens is 190 g/mol. The summed E-state index contributed by atoms with van der Waals surface area (Å²) in [7, 11) is -1.57. The van der Waals surface area contributed by atoms with Crippen LogP contribution in [0.3, 0.4) is 0 Å². The van der Waals surface area contributed by atoms with Crippen LogP contribution in [0.1, 0.15) is 6.92 Å². The van der Waals surface area contributed by atoms with Crippen molar-refractivity contribution in [3.8, 4) is 0 Å². The monoisotopic (exact) mass is 207 g/mol. The lowest BCUT2D eigenvalue weighted by molar-refractivity contribution is 0.182. The van der Waals surface area contributed by atoms with Crippen LogP contribution < -0.4 is 0 Å². The number of ether oxygens (including phenoxy) is 1. The predicted octanol–water partition coefficient (Wildman–Crippen LogP) is 0.471. The van der Waals surface area contributed by atoms with Crippen molar-refractivity contribution in [3.63, 3.8) is 0 Å². The summed E-state index contributed by atoms with van der Waals surface area (Å²) in [5.41, 5.74) is 0. The Morgan fingerprint density at radius 2 is 2.15 bits per heavy atom. The number of hydrogen-bond acceptors (Lipinski definition) is 3. The Labute approximate surface area is 80.2 Å². The lowest BCUT2D eigenvalue weighted by atomic mass is 10.6. The molecule has 0 aromatic carbocycles. The van der Waals surface area contributed by atoms with Crippen LogP contribution in [0.2, 0.25) is 0 Å². The van der Waals surface area contributed by atoms with E-state index in [0.29, 0.717) is 19.7 Å². The van der Waals surface area contributed by atoms with Crippen LogP contribution in [-0.4, -0.2) is 45.3 Å². The smallest absolute Gasteiger partial charge is 0.214 e. The first-order valence-electron chi connectivity index (χ1n) is 4.16. The Kier molecular flexibility index (Phi) is 5.94. The van der Waals surface area contributed by atoms with E-state index in [1.165, 1.54) is 4.31 Å². The molecule has 0 unspecified atom stereocenters. The Morgan fingerprint density at radius 3 is 2.54 bits per heavy atom. The number of nitrogens with zero attached hydrogens (tertiary/aromatic N) is 1. The van der Waals surface area contributed by atoms with Crippen LogP contribution >= 0.6 is 0 Å². The molecule has 0 aromatic heterocycles. The fourth-order valence-corrected chi connectivity index (χ4v) is 1.91. The van der Waals surface area contributed by atoms with Crippen LogP contribution in [0.4, 0.5) is 0 Å². The molecule has 0 aliphatic heterocycles. The Hall–Kier alpha value is -0.390. The topological polar surface area (TPSA) is 46.6 Å². The maximum absolute atomic E-state index is 11.4. The minimum absolute atomic E-state index is 0.116. The molecule has 0 spiro atoms. The third-order valence-electron chi connectivity index (χ3n) is 1.64. The fourth-order valence-electron chi connectivity index (χ4n) is 0.864. The highest BCUT2D eigenvalue weighted by atomic mass is 32.2. The van der Waals surface area contributed by atoms with Gasteiger partial charge in [0.15, 0.2) is 0 Å². The predicted molar refractivity (Wildman–Crippen MR) is 53.1 cm³/mol. The van der Waals surface area contributed by atoms with E-state index in [0.717, 1.165) is 0 Å². The molecule has 5 heteroatoms. The summed E-state index contributed by atoms with van der Waals surface area (Å²) in [5, 5.41) is 0. The summed E-state index contributed by atoms with van der Waals surface area (Å²) in [6.07, 6.45) is 1.57. The van der Waals surface area contributed by atoms with Crippen molar-refractivity contribution in [1.29, 1.82) is 0 Å². The van der Waals surface area contributed by atoms with Gasteiger partial charge in [-0.15, -0.1) is 6.58 Å². The SMILES string of the molecule is C=CCN(CCOC)S(=O)(=O)CC. The van der Waals surface area contributed by atoms with Crippen LogP contribution in [0.15, 0.2) is 12.7 Å². The molecule has 0 aliphatic carbocycles. The first kappa shape index (κ1) is 12.6. The zero-order valence-electron chi connectivity index (χ0n) is 8.19. The molecule has 0 aromatic rings. The van der Waals surface area contributed by atoms with Crippen LogP contribution in [0.5, 0.6) is 0 Å². The second kappa shape index (κ2) is 6.12. The van der Waals surface area contributed by atoms with Gasteiger partial charge in [0.2, 0.25) is 10.0 Å². The van der Waals surface area contributed by atoms with Crippen molar-refractivity contribution < 1.29 is 13.2 Å². The maximum atomic E-state index is 11.4. The van der Waals surface area contributed by atoms with Gasteiger partial charge in [-0.05, 0) is 6.92 Å². The number of sulfonamides is 1. The minimum atomic E-state index is -3.11. The average molecular weight is 207 g/mol. The van der Waals surface area contributed by atoms with E-state index in [1.807, 2.05) is 0 Å². The third kappa shape index (κ3) is 4.40. The zero-order valence-corrected chi connectivity index (χ0v) is 9.01. The van der Waals surface area contributed by atoms with Crippen molar-refractivity contribution >= 4 is 10.0 Å². The molecule has 0 amide bonds. The number of methoxy groups -OCH3 is 1. The van der Waals surface area contributed by atoms with E-state index in [4.69, 9.17) is 4.74 Å². The molecule has 4 nitrogen and oxygen atoms in total. The molecule has 78 valence electrons. The quantitative estimate of drug-likeness (QED) is 0.570. The largest absolute Gasteiger partial charge is 0.383 e. The van der Waals surface area contributed by atoms with E-state index >= 15 is 0 Å². The average Bonchev–Trinajstić information content (AvgIpc) is 2.12. The van der Waals surface area contributed by atoms with Crippen LogP contribution in [0.25, 0.3) is 0 Å². The summed E-state index contributed by atoms with van der Waals surface area (Å²) in [5.74, 6) is 0.116. The third-order valence-corrected chi connectivity index (χ3v) is 3.48. The normalized spacial score (nSPS) is 11.9. The Balaban J connectivity index is 4.32. The van der Waals surface area contributed by atoms with Gasteiger partial charge >= 0.3 is 0 Å². The summed E-state index contributed by atoms with van der Waals surface area (Å²) in [4.78, 5) is 0. The minimum Gasteiger partial charge on any atom is -0.383 e. The molecule has 0 saturated carbocycles. The first-order valence-corrected chi connectivity index (χ1v) is 5.77. The van der Waals surface area contributed by atoms with Crippen molar-refractivity contribution in [3.05, 3.63) is 12.7 Å². The molecule has 0 atom stereocenters. The number of hydrogen-bond donors (Lipinski definition) is 0. The molecular formula is C8H17NO3S. The van der Waals surface area contributed by atoms with E-state index in [2.05, 4.69) is 6.58 Å². The molecule has 0 radical (unpaired) electrons. The van der Waals surface area contributed by atoms with Crippen LogP contribution in [0, 0.1) is 0 Å². The summed E-state index contributed by atoms with van der Waals surface area (Å²) >= 11 is 0. The molecule has 0 bridgehead atoms. The van der Waals surface area contributed by atoms with Crippen molar-refractivity contribution in [2.45, 2.75) is 6.92 Å². The van der Waals surface area contributed by atoms with E-state index < -0.39 is 10.0 Å². The van der Waals surface area contributed by atoms with Gasteiger partial charge in [-0.25, -0.2) is 8.42 Å². The molecule has 0 fully saturated rings. The molecule has 0 N–H and O–H groups in total. The lowest BCUT2D eigenvalue weighted by Crippen LogP contribution is -2.35. The summed E-state index contributed by atoms with van der Waals surface area (Å²) in [6, 6.07) is 0. The van der Waals surface area contributed by atoms with E-state index in [1.54, 1.807) is 20.1 Å². The summed E-state index contributed by atoms with van der Waals surface area (Å²) in [6.45, 7) is 6.28. The van der Waals surface area contributed by atoms with Gasteiger partial charge in [-0.3, -0.25) is 0 Å². The van der Waals surface area contributed by atoms with Crippen LogP contribution in [-0.2, 0) is 14.8 Å². The highest BCUT2D eigenvalue weighted by molar-refractivity contribution is 7.89. The highest BCUT2D eigenvalue weighted by Crippen LogP contribution is 2.00. The van der Waals surface area contributed by atoms with E-state index in [-0.39, 0.29) is 5.75 Å². The van der Waals surface area contributed by atoms with Gasteiger partial charge in [-0.1, -0.05) is 6.08 Å². The van der Waals surface area contributed by atoms with Crippen molar-refractivity contribution in [2.24, 2.45) is 0 Å². The Morgan fingerprint density at radius 1 is 1.54 bits per heavy atom. The van der Waals surface area contributed by atoms with Crippen molar-refractivity contribution in [1.82, 2.24) is 4.31 Å². The van der Waals surface area contributed by atoms with Gasteiger partial charge in [0.05, 0.1) is 12.4 Å². The molecule has 0 aliphatic rings. The van der Waals surface area contributed by atoms with E-state index in [9.17, 15) is 8.42 Å². The molecule has 0 rings (SSSR count). The first-order chi connectivity index (χ1) is 6.08. The second-order valence-electron chi connectivity index (χ2n) is 2.54. The number of rotatable bonds is 7. The Bertz CT molecular complexity index is 236. The van der Waals surface area contributed by atoms with Gasteiger partial charge in [0.25, 0.3) is 0 Å². The standard InChI is InChI=1S/C8H17NO3S/c1-4-6-9(7-8-12-3)13(10,11)5-2/h4H,1,5-8H2,2-3H3. The molecule has 0 saturated heterocycles. The second-order valence-corrected chi connectivity index (χ2v) is 4.80. The van der Waals surface area contributed by atoms with Crippen molar-refractivity contribution in [2.75, 3.05) is 32.6 Å². The highest BCUT2D eigenvalue weighted by Gasteiger charge is 2.17. The zero-order chi connectivity index (χ0) is 10.3. The molecule has 0 heterocycles. The summed E-state index contributed by atoms with van der Waals surface area (Å²) < 4.78 is 29.0. The lowest BCUT2D eigenvalue weighted by Gasteiger charge is -2.18.